The first-order chi connectivity index (χ1) is 5.65. The van der Waals surface area contributed by atoms with E-state index in [2.05, 4.69) is 4.98 Å². The molecular formula is C7H11ClN4. The Balaban J connectivity index is 3.04. The minimum atomic E-state index is -0.295. The van der Waals surface area contributed by atoms with Crippen molar-refractivity contribution in [1.82, 2.24) is 4.98 Å². The number of nitrogens with two attached hydrogens (primary N) is 3. The normalized spacial score (nSPS) is 12.9. The Kier molecular flexibility index (Phi) is 2.86. The maximum atomic E-state index is 5.70. The molecule has 1 unspecified atom stereocenters. The van der Waals surface area contributed by atoms with E-state index in [1.165, 1.54) is 6.20 Å². The highest BCUT2D eigenvalue weighted by Crippen LogP contribution is 2.19. The number of rotatable bonds is 2. The third-order valence-electron chi connectivity index (χ3n) is 1.57. The van der Waals surface area contributed by atoms with Crippen LogP contribution < -0.4 is 17.2 Å². The number of aromatic nitrogens is 1. The van der Waals surface area contributed by atoms with E-state index in [9.17, 15) is 0 Å². The number of anilines is 1. The molecule has 0 aromatic carbocycles. The summed E-state index contributed by atoms with van der Waals surface area (Å²) >= 11 is 5.70. The topological polar surface area (TPSA) is 91.0 Å². The zero-order chi connectivity index (χ0) is 9.14. The van der Waals surface area contributed by atoms with Crippen LogP contribution in [0.5, 0.6) is 0 Å². The Morgan fingerprint density at radius 3 is 2.83 bits per heavy atom. The Bertz CT molecular complexity index is 276. The quantitative estimate of drug-likeness (QED) is 0.619. The summed E-state index contributed by atoms with van der Waals surface area (Å²) in [5.41, 5.74) is 17.3. The van der Waals surface area contributed by atoms with Gasteiger partial charge < -0.3 is 17.2 Å². The summed E-state index contributed by atoms with van der Waals surface area (Å²) in [5, 5.41) is 0.517. The average molecular weight is 187 g/mol. The molecule has 0 fully saturated rings. The van der Waals surface area contributed by atoms with Crippen LogP contribution in [0.25, 0.3) is 0 Å². The fourth-order valence-electron chi connectivity index (χ4n) is 0.889. The molecule has 0 saturated heterocycles. The van der Waals surface area contributed by atoms with Gasteiger partial charge in [0.1, 0.15) is 5.82 Å². The zero-order valence-electron chi connectivity index (χ0n) is 6.50. The van der Waals surface area contributed by atoms with E-state index >= 15 is 0 Å². The van der Waals surface area contributed by atoms with Gasteiger partial charge in [-0.05, 0) is 6.07 Å². The van der Waals surface area contributed by atoms with Crippen molar-refractivity contribution < 1.29 is 0 Å². The van der Waals surface area contributed by atoms with Crippen LogP contribution in [0.3, 0.4) is 0 Å². The van der Waals surface area contributed by atoms with E-state index in [1.54, 1.807) is 6.07 Å². The fourth-order valence-corrected chi connectivity index (χ4v) is 1.06. The van der Waals surface area contributed by atoms with Crippen LogP contribution in [-0.2, 0) is 0 Å². The van der Waals surface area contributed by atoms with Crippen LogP contribution in [-0.4, -0.2) is 11.5 Å². The predicted octanol–water partition coefficient (Wildman–Crippen LogP) is 0.276. The lowest BCUT2D eigenvalue weighted by atomic mass is 10.1. The van der Waals surface area contributed by atoms with Gasteiger partial charge in [0.15, 0.2) is 0 Å². The highest BCUT2D eigenvalue weighted by Gasteiger charge is 2.08. The summed E-state index contributed by atoms with van der Waals surface area (Å²) in [6.07, 6.45) is 1.48. The van der Waals surface area contributed by atoms with Crippen molar-refractivity contribution in [3.05, 3.63) is 22.8 Å². The van der Waals surface area contributed by atoms with Gasteiger partial charge in [0, 0.05) is 24.3 Å². The largest absolute Gasteiger partial charge is 0.383 e. The first kappa shape index (κ1) is 9.25. The Labute approximate surface area is 75.7 Å². The van der Waals surface area contributed by atoms with E-state index in [-0.39, 0.29) is 6.04 Å². The number of hydrogen-bond donors (Lipinski definition) is 3. The molecule has 1 aromatic rings. The lowest BCUT2D eigenvalue weighted by molar-refractivity contribution is 0.736. The molecule has 0 aliphatic carbocycles. The van der Waals surface area contributed by atoms with Gasteiger partial charge in [-0.3, -0.25) is 0 Å². The highest BCUT2D eigenvalue weighted by molar-refractivity contribution is 6.30. The Morgan fingerprint density at radius 1 is 1.58 bits per heavy atom. The second-order valence-electron chi connectivity index (χ2n) is 2.47. The molecule has 6 N–H and O–H groups in total. The smallest absolute Gasteiger partial charge is 0.128 e. The molecule has 0 aliphatic heterocycles. The second-order valence-corrected chi connectivity index (χ2v) is 2.91. The van der Waals surface area contributed by atoms with E-state index in [0.717, 1.165) is 0 Å². The monoisotopic (exact) mass is 186 g/mol. The minimum Gasteiger partial charge on any atom is -0.383 e. The molecule has 0 spiro atoms. The number of nitrogens with zero attached hydrogens (tertiary/aromatic N) is 1. The van der Waals surface area contributed by atoms with E-state index in [4.69, 9.17) is 28.8 Å². The van der Waals surface area contributed by atoms with Gasteiger partial charge in [-0.1, -0.05) is 11.6 Å². The lowest BCUT2D eigenvalue weighted by Crippen LogP contribution is -2.22. The molecule has 0 aliphatic rings. The summed E-state index contributed by atoms with van der Waals surface area (Å²) in [6, 6.07) is 1.39. The second kappa shape index (κ2) is 3.71. The lowest BCUT2D eigenvalue weighted by Gasteiger charge is -2.10. The number of pyridine rings is 1. The number of hydrogen-bond acceptors (Lipinski definition) is 4. The van der Waals surface area contributed by atoms with Gasteiger partial charge in [0.2, 0.25) is 0 Å². The predicted molar refractivity (Wildman–Crippen MR) is 49.6 cm³/mol. The molecule has 1 atom stereocenters. The third kappa shape index (κ3) is 1.85. The van der Waals surface area contributed by atoms with E-state index in [1.807, 2.05) is 0 Å². The van der Waals surface area contributed by atoms with Crippen molar-refractivity contribution in [2.75, 3.05) is 12.3 Å². The van der Waals surface area contributed by atoms with E-state index < -0.39 is 0 Å². The van der Waals surface area contributed by atoms with Crippen molar-refractivity contribution in [3.8, 4) is 0 Å². The molecule has 1 aromatic heterocycles. The Morgan fingerprint density at radius 2 is 2.25 bits per heavy atom. The zero-order valence-corrected chi connectivity index (χ0v) is 7.25. The summed E-state index contributed by atoms with van der Waals surface area (Å²) in [6.45, 7) is 0.326. The molecule has 1 rings (SSSR count). The van der Waals surface area contributed by atoms with Crippen LogP contribution in [0.4, 0.5) is 5.82 Å². The molecule has 5 heteroatoms. The standard InChI is InChI=1S/C7H11ClN4/c8-4-1-5(6(10)2-9)7(11)12-3-4/h1,3,6H,2,9-10H2,(H2,11,12). The van der Waals surface area contributed by atoms with Gasteiger partial charge >= 0.3 is 0 Å². The van der Waals surface area contributed by atoms with Crippen LogP contribution in [0.15, 0.2) is 12.3 Å². The van der Waals surface area contributed by atoms with E-state index in [0.29, 0.717) is 22.9 Å². The number of nitrogen functional groups attached to an aromatic ring is 1. The fraction of sp³-hybridized carbons (Fsp3) is 0.286. The maximum Gasteiger partial charge on any atom is 0.128 e. The van der Waals surface area contributed by atoms with Crippen LogP contribution in [0.1, 0.15) is 11.6 Å². The van der Waals surface area contributed by atoms with Crippen molar-refractivity contribution >= 4 is 17.4 Å². The van der Waals surface area contributed by atoms with Gasteiger partial charge in [-0.15, -0.1) is 0 Å². The molecule has 12 heavy (non-hydrogen) atoms. The van der Waals surface area contributed by atoms with Gasteiger partial charge in [-0.2, -0.15) is 0 Å². The molecule has 4 nitrogen and oxygen atoms in total. The SMILES string of the molecule is NCC(N)c1cc(Cl)cnc1N. The Hall–Kier alpha value is -0.840. The van der Waals surface area contributed by atoms with Crippen LogP contribution in [0, 0.1) is 0 Å². The minimum absolute atomic E-state index is 0.295. The molecule has 1 heterocycles. The molecule has 0 radical (unpaired) electrons. The summed E-state index contributed by atoms with van der Waals surface area (Å²) in [5.74, 6) is 0.386. The molecule has 0 amide bonds. The first-order valence-electron chi connectivity index (χ1n) is 3.51. The average Bonchev–Trinajstić information content (AvgIpc) is 2.08. The van der Waals surface area contributed by atoms with Crippen molar-refractivity contribution in [3.63, 3.8) is 0 Å². The summed E-state index contributed by atoms with van der Waals surface area (Å²) < 4.78 is 0. The van der Waals surface area contributed by atoms with Crippen LogP contribution >= 0.6 is 11.6 Å². The maximum absolute atomic E-state index is 5.70. The number of halogens is 1. The summed E-state index contributed by atoms with van der Waals surface area (Å²) in [4.78, 5) is 3.86. The molecule has 0 bridgehead atoms. The first-order valence-corrected chi connectivity index (χ1v) is 3.89. The molecule has 66 valence electrons. The van der Waals surface area contributed by atoms with Gasteiger partial charge in [0.05, 0.1) is 5.02 Å². The third-order valence-corrected chi connectivity index (χ3v) is 1.78. The van der Waals surface area contributed by atoms with Gasteiger partial charge in [-0.25, -0.2) is 4.98 Å². The summed E-state index contributed by atoms with van der Waals surface area (Å²) in [7, 11) is 0. The highest BCUT2D eigenvalue weighted by atomic mass is 35.5. The van der Waals surface area contributed by atoms with Crippen molar-refractivity contribution in [2.45, 2.75) is 6.04 Å². The van der Waals surface area contributed by atoms with Crippen molar-refractivity contribution in [1.29, 1.82) is 0 Å². The molecular weight excluding hydrogens is 176 g/mol. The molecule has 0 saturated carbocycles. The van der Waals surface area contributed by atoms with Crippen LogP contribution in [0.2, 0.25) is 5.02 Å². The van der Waals surface area contributed by atoms with Crippen molar-refractivity contribution in [2.24, 2.45) is 11.5 Å². The van der Waals surface area contributed by atoms with Gasteiger partial charge in [0.25, 0.3) is 0 Å².